The van der Waals surface area contributed by atoms with Gasteiger partial charge in [-0.3, -0.25) is 14.2 Å². The Hall–Kier alpha value is -3.39. The number of carbonyl (C=O) groups is 1. The Morgan fingerprint density at radius 3 is 2.65 bits per heavy atom. The molecule has 1 amide bonds. The number of aryl methyl sites for hydroxylation is 2. The van der Waals surface area contributed by atoms with Gasteiger partial charge in [-0.05, 0) is 61.1 Å². The van der Waals surface area contributed by atoms with Crippen molar-refractivity contribution in [2.45, 2.75) is 45.3 Å². The maximum atomic E-state index is 13.4. The summed E-state index contributed by atoms with van der Waals surface area (Å²) < 4.78 is 6.96. The molecule has 0 unspecified atom stereocenters. The lowest BCUT2D eigenvalue weighted by molar-refractivity contribution is -0.133. The first-order chi connectivity index (χ1) is 16.5. The number of anilines is 1. The molecule has 176 valence electrons. The molecule has 1 aliphatic rings. The molecule has 0 saturated heterocycles. The van der Waals surface area contributed by atoms with Crippen LogP contribution in [0.1, 0.15) is 34.6 Å². The minimum atomic E-state index is -0.152. The van der Waals surface area contributed by atoms with Crippen molar-refractivity contribution >= 4 is 33.1 Å². The van der Waals surface area contributed by atoms with Crippen molar-refractivity contribution in [3.05, 3.63) is 81.1 Å². The standard InChI is InChI=1S/C26H28N4O3S/c1-28(2)19-11-9-18(10-12-19)14-29(15-20-6-5-13-33-20)23(31)16-30-17-27-25-24(26(30)32)21-7-3-4-8-22(21)34-25/h5-6,9-13,17H,3-4,7-8,14-16H2,1-2H3. The number of fused-ring (bicyclic) bond motifs is 3. The Kier molecular flexibility index (Phi) is 6.24. The van der Waals surface area contributed by atoms with Crippen LogP contribution in [0.15, 0.2) is 58.2 Å². The number of thiophene rings is 1. The first kappa shape index (κ1) is 22.4. The van der Waals surface area contributed by atoms with Crippen molar-refractivity contribution < 1.29 is 9.21 Å². The topological polar surface area (TPSA) is 71.6 Å². The molecule has 4 aromatic rings. The lowest BCUT2D eigenvalue weighted by Gasteiger charge is -2.23. The monoisotopic (exact) mass is 476 g/mol. The summed E-state index contributed by atoms with van der Waals surface area (Å²) >= 11 is 1.62. The van der Waals surface area contributed by atoms with Crippen molar-refractivity contribution in [3.63, 3.8) is 0 Å². The average molecular weight is 477 g/mol. The van der Waals surface area contributed by atoms with Gasteiger partial charge >= 0.3 is 0 Å². The van der Waals surface area contributed by atoms with Gasteiger partial charge in [0.2, 0.25) is 5.91 Å². The molecular weight excluding hydrogens is 448 g/mol. The van der Waals surface area contributed by atoms with Gasteiger partial charge in [-0.1, -0.05) is 12.1 Å². The van der Waals surface area contributed by atoms with Crippen LogP contribution < -0.4 is 10.5 Å². The highest BCUT2D eigenvalue weighted by molar-refractivity contribution is 7.18. The zero-order valence-corrected chi connectivity index (χ0v) is 20.3. The Morgan fingerprint density at radius 2 is 1.91 bits per heavy atom. The summed E-state index contributed by atoms with van der Waals surface area (Å²) in [6, 6.07) is 11.8. The highest BCUT2D eigenvalue weighted by Gasteiger charge is 2.22. The van der Waals surface area contributed by atoms with Crippen molar-refractivity contribution in [2.75, 3.05) is 19.0 Å². The Labute approximate surface area is 202 Å². The minimum absolute atomic E-state index is 0.0527. The van der Waals surface area contributed by atoms with Crippen LogP contribution in [0.25, 0.3) is 10.2 Å². The molecule has 0 aliphatic heterocycles. The van der Waals surface area contributed by atoms with Gasteiger partial charge in [0.15, 0.2) is 0 Å². The zero-order valence-electron chi connectivity index (χ0n) is 19.5. The van der Waals surface area contributed by atoms with Gasteiger partial charge < -0.3 is 14.2 Å². The van der Waals surface area contributed by atoms with E-state index in [1.165, 1.54) is 15.8 Å². The molecule has 3 aromatic heterocycles. The van der Waals surface area contributed by atoms with E-state index in [-0.39, 0.29) is 18.0 Å². The molecule has 5 rings (SSSR count). The van der Waals surface area contributed by atoms with Crippen LogP contribution in [0.5, 0.6) is 0 Å². The van der Waals surface area contributed by atoms with E-state index in [1.54, 1.807) is 22.5 Å². The second-order valence-electron chi connectivity index (χ2n) is 8.96. The number of furan rings is 1. The van der Waals surface area contributed by atoms with E-state index >= 15 is 0 Å². The maximum Gasteiger partial charge on any atom is 0.262 e. The van der Waals surface area contributed by atoms with Gasteiger partial charge in [-0.25, -0.2) is 4.98 Å². The molecule has 0 fully saturated rings. The third kappa shape index (κ3) is 4.50. The van der Waals surface area contributed by atoms with E-state index in [2.05, 4.69) is 4.98 Å². The number of hydrogen-bond donors (Lipinski definition) is 0. The number of rotatable bonds is 7. The lowest BCUT2D eigenvalue weighted by Crippen LogP contribution is -2.36. The Balaban J connectivity index is 1.41. The van der Waals surface area contributed by atoms with Crippen LogP contribution in [-0.4, -0.2) is 34.5 Å². The van der Waals surface area contributed by atoms with E-state index in [4.69, 9.17) is 4.42 Å². The SMILES string of the molecule is CN(C)c1ccc(CN(Cc2ccco2)C(=O)Cn2cnc3sc4c(c3c2=O)CCCC4)cc1. The molecule has 34 heavy (non-hydrogen) atoms. The lowest BCUT2D eigenvalue weighted by atomic mass is 9.97. The van der Waals surface area contributed by atoms with Crippen molar-refractivity contribution in [1.29, 1.82) is 0 Å². The fraction of sp³-hybridized carbons (Fsp3) is 0.346. The molecule has 7 nitrogen and oxygen atoms in total. The van der Waals surface area contributed by atoms with Crippen LogP contribution in [-0.2, 0) is 37.3 Å². The van der Waals surface area contributed by atoms with E-state index in [1.807, 2.05) is 55.4 Å². The third-order valence-electron chi connectivity index (χ3n) is 6.35. The van der Waals surface area contributed by atoms with E-state index in [0.29, 0.717) is 24.2 Å². The Bertz CT molecular complexity index is 1350. The van der Waals surface area contributed by atoms with Gasteiger partial charge in [0.25, 0.3) is 5.56 Å². The fourth-order valence-electron chi connectivity index (χ4n) is 4.48. The number of aromatic nitrogens is 2. The quantitative estimate of drug-likeness (QED) is 0.399. The van der Waals surface area contributed by atoms with Crippen LogP contribution in [0.4, 0.5) is 5.69 Å². The largest absolute Gasteiger partial charge is 0.467 e. The summed E-state index contributed by atoms with van der Waals surface area (Å²) in [5.74, 6) is 0.548. The van der Waals surface area contributed by atoms with Gasteiger partial charge in [-0.15, -0.1) is 11.3 Å². The average Bonchev–Trinajstić information content (AvgIpc) is 3.48. The summed E-state index contributed by atoms with van der Waals surface area (Å²) in [4.78, 5) is 37.1. The highest BCUT2D eigenvalue weighted by Crippen LogP contribution is 2.33. The second kappa shape index (κ2) is 9.46. The molecule has 1 aromatic carbocycles. The summed E-state index contributed by atoms with van der Waals surface area (Å²) in [5.41, 5.74) is 3.13. The predicted octanol–water partition coefficient (Wildman–Crippen LogP) is 4.22. The normalized spacial score (nSPS) is 13.1. The second-order valence-corrected chi connectivity index (χ2v) is 10.0. The molecule has 0 radical (unpaired) electrons. The van der Waals surface area contributed by atoms with E-state index in [9.17, 15) is 9.59 Å². The van der Waals surface area contributed by atoms with Crippen molar-refractivity contribution in [3.8, 4) is 0 Å². The molecule has 0 spiro atoms. The molecule has 0 saturated carbocycles. The van der Waals surface area contributed by atoms with Crippen molar-refractivity contribution in [2.24, 2.45) is 0 Å². The van der Waals surface area contributed by atoms with Crippen LogP contribution in [0.2, 0.25) is 0 Å². The van der Waals surface area contributed by atoms with Gasteiger partial charge in [0.05, 0.1) is 24.5 Å². The summed E-state index contributed by atoms with van der Waals surface area (Å²) in [7, 11) is 3.99. The number of hydrogen-bond acceptors (Lipinski definition) is 6. The van der Waals surface area contributed by atoms with Crippen LogP contribution >= 0.6 is 11.3 Å². The number of amides is 1. The minimum Gasteiger partial charge on any atom is -0.467 e. The molecule has 8 heteroatoms. The van der Waals surface area contributed by atoms with E-state index in [0.717, 1.165) is 47.3 Å². The summed E-state index contributed by atoms with van der Waals surface area (Å²) in [6.07, 6.45) is 7.29. The van der Waals surface area contributed by atoms with Gasteiger partial charge in [-0.2, -0.15) is 0 Å². The Morgan fingerprint density at radius 1 is 1.12 bits per heavy atom. The fourth-order valence-corrected chi connectivity index (χ4v) is 5.70. The van der Waals surface area contributed by atoms with Crippen LogP contribution in [0, 0.1) is 0 Å². The van der Waals surface area contributed by atoms with Crippen molar-refractivity contribution in [1.82, 2.24) is 14.5 Å². The van der Waals surface area contributed by atoms with Gasteiger partial charge in [0, 0.05) is 31.2 Å². The molecule has 0 bridgehead atoms. The molecule has 3 heterocycles. The predicted molar refractivity (Wildman–Crippen MR) is 134 cm³/mol. The first-order valence-corrected chi connectivity index (χ1v) is 12.4. The number of benzene rings is 1. The van der Waals surface area contributed by atoms with Gasteiger partial charge in [0.1, 0.15) is 17.1 Å². The maximum absolute atomic E-state index is 13.4. The summed E-state index contributed by atoms with van der Waals surface area (Å²) in [6.45, 7) is 0.702. The number of carbonyl (C=O) groups excluding carboxylic acids is 1. The van der Waals surface area contributed by atoms with E-state index < -0.39 is 0 Å². The summed E-state index contributed by atoms with van der Waals surface area (Å²) in [5, 5.41) is 0.701. The smallest absolute Gasteiger partial charge is 0.262 e. The molecular formula is C26H28N4O3S. The highest BCUT2D eigenvalue weighted by atomic mass is 32.1. The number of nitrogens with zero attached hydrogens (tertiary/aromatic N) is 4. The molecule has 0 atom stereocenters. The first-order valence-electron chi connectivity index (χ1n) is 11.6. The van der Waals surface area contributed by atoms with Crippen LogP contribution in [0.3, 0.4) is 0 Å². The third-order valence-corrected chi connectivity index (χ3v) is 7.55. The molecule has 0 N–H and O–H groups in total. The molecule has 1 aliphatic carbocycles. The zero-order chi connectivity index (χ0) is 23.7.